The molecule has 0 amide bonds. The van der Waals surface area contributed by atoms with Gasteiger partial charge in [0, 0.05) is 16.8 Å². The first kappa shape index (κ1) is 10.0. The van der Waals surface area contributed by atoms with Crippen LogP contribution in [0, 0.1) is 11.3 Å². The predicted octanol–water partition coefficient (Wildman–Crippen LogP) is 3.63. The van der Waals surface area contributed by atoms with Crippen molar-refractivity contribution in [2.24, 2.45) is 0 Å². The summed E-state index contributed by atoms with van der Waals surface area (Å²) >= 11 is 3.36. The molecule has 0 aliphatic carbocycles. The summed E-state index contributed by atoms with van der Waals surface area (Å²) in [5.41, 5.74) is 1.14. The third-order valence-electron chi connectivity index (χ3n) is 1.89. The third kappa shape index (κ3) is 2.71. The van der Waals surface area contributed by atoms with Crippen molar-refractivity contribution in [3.05, 3.63) is 47.0 Å². The van der Waals surface area contributed by atoms with Crippen LogP contribution in [0.5, 0.6) is 0 Å². The Kier molecular flexibility index (Phi) is 3.72. The van der Waals surface area contributed by atoms with Gasteiger partial charge in [0.2, 0.25) is 0 Å². The summed E-state index contributed by atoms with van der Waals surface area (Å²) in [5.74, 6) is 0.151. The SMILES string of the molecule is C=CC(CC#N)c1ccc(Br)cc1. The maximum Gasteiger partial charge on any atom is 0.0631 e. The lowest BCUT2D eigenvalue weighted by molar-refractivity contribution is 0.875. The van der Waals surface area contributed by atoms with Crippen molar-refractivity contribution < 1.29 is 0 Å². The molecule has 1 atom stereocenters. The van der Waals surface area contributed by atoms with Crippen molar-refractivity contribution in [3.63, 3.8) is 0 Å². The van der Waals surface area contributed by atoms with Gasteiger partial charge in [0.15, 0.2) is 0 Å². The normalized spacial score (nSPS) is 11.7. The average Bonchev–Trinajstić information content (AvgIpc) is 2.16. The zero-order valence-electron chi connectivity index (χ0n) is 7.20. The lowest BCUT2D eigenvalue weighted by Crippen LogP contribution is -1.92. The van der Waals surface area contributed by atoms with E-state index < -0.39 is 0 Å². The number of halogens is 1. The number of nitriles is 1. The monoisotopic (exact) mass is 235 g/mol. The molecule has 0 fully saturated rings. The summed E-state index contributed by atoms with van der Waals surface area (Å²) in [4.78, 5) is 0. The molecular formula is C11H10BrN. The Hall–Kier alpha value is -1.07. The van der Waals surface area contributed by atoms with Crippen molar-refractivity contribution >= 4 is 15.9 Å². The van der Waals surface area contributed by atoms with Gasteiger partial charge in [-0.15, -0.1) is 6.58 Å². The van der Waals surface area contributed by atoms with Crippen LogP contribution in [-0.4, -0.2) is 0 Å². The number of rotatable bonds is 3. The maximum absolute atomic E-state index is 8.58. The van der Waals surface area contributed by atoms with E-state index in [-0.39, 0.29) is 5.92 Å². The highest BCUT2D eigenvalue weighted by Gasteiger charge is 2.05. The number of allylic oxidation sites excluding steroid dienone is 1. The summed E-state index contributed by atoms with van der Waals surface area (Å²) < 4.78 is 1.05. The van der Waals surface area contributed by atoms with Crippen LogP contribution in [0.15, 0.2) is 41.4 Å². The Morgan fingerprint density at radius 2 is 2.08 bits per heavy atom. The van der Waals surface area contributed by atoms with E-state index in [0.29, 0.717) is 6.42 Å². The molecule has 0 aromatic heterocycles. The summed E-state index contributed by atoms with van der Waals surface area (Å²) in [5, 5.41) is 8.58. The lowest BCUT2D eigenvalue weighted by Gasteiger charge is -2.07. The summed E-state index contributed by atoms with van der Waals surface area (Å²) in [6.45, 7) is 3.72. The van der Waals surface area contributed by atoms with Gasteiger partial charge < -0.3 is 0 Å². The molecule has 0 bridgehead atoms. The molecule has 1 rings (SSSR count). The van der Waals surface area contributed by atoms with Crippen molar-refractivity contribution in [1.82, 2.24) is 0 Å². The van der Waals surface area contributed by atoms with Crippen molar-refractivity contribution in [2.45, 2.75) is 12.3 Å². The molecule has 0 aliphatic rings. The van der Waals surface area contributed by atoms with Crippen LogP contribution in [0.4, 0.5) is 0 Å². The molecular weight excluding hydrogens is 226 g/mol. The minimum absolute atomic E-state index is 0.151. The Morgan fingerprint density at radius 1 is 1.46 bits per heavy atom. The van der Waals surface area contributed by atoms with Crippen LogP contribution in [0.1, 0.15) is 17.9 Å². The molecule has 0 spiro atoms. The molecule has 0 N–H and O–H groups in total. The van der Waals surface area contributed by atoms with Crippen LogP contribution in [0.3, 0.4) is 0 Å². The second kappa shape index (κ2) is 4.84. The minimum atomic E-state index is 0.151. The summed E-state index contributed by atoms with van der Waals surface area (Å²) in [6.07, 6.45) is 2.30. The van der Waals surface area contributed by atoms with Gasteiger partial charge in [-0.3, -0.25) is 0 Å². The highest BCUT2D eigenvalue weighted by Crippen LogP contribution is 2.22. The van der Waals surface area contributed by atoms with E-state index in [1.165, 1.54) is 0 Å². The third-order valence-corrected chi connectivity index (χ3v) is 2.42. The Bertz CT molecular complexity index is 321. The Morgan fingerprint density at radius 3 is 2.54 bits per heavy atom. The molecule has 1 unspecified atom stereocenters. The quantitative estimate of drug-likeness (QED) is 0.735. The van der Waals surface area contributed by atoms with Crippen molar-refractivity contribution in [1.29, 1.82) is 5.26 Å². The molecule has 1 nitrogen and oxygen atoms in total. The van der Waals surface area contributed by atoms with E-state index >= 15 is 0 Å². The Balaban J connectivity index is 2.86. The lowest BCUT2D eigenvalue weighted by atomic mass is 9.97. The van der Waals surface area contributed by atoms with Gasteiger partial charge in [-0.2, -0.15) is 5.26 Å². The van der Waals surface area contributed by atoms with Crippen LogP contribution in [-0.2, 0) is 0 Å². The molecule has 2 heteroatoms. The summed E-state index contributed by atoms with van der Waals surface area (Å²) in [7, 11) is 0. The molecule has 13 heavy (non-hydrogen) atoms. The van der Waals surface area contributed by atoms with Gasteiger partial charge in [0.05, 0.1) is 6.07 Å². The molecule has 1 aromatic rings. The van der Waals surface area contributed by atoms with Gasteiger partial charge in [0.25, 0.3) is 0 Å². The number of nitrogens with zero attached hydrogens (tertiary/aromatic N) is 1. The number of hydrogen-bond acceptors (Lipinski definition) is 1. The van der Waals surface area contributed by atoms with Gasteiger partial charge in [0.1, 0.15) is 0 Å². The van der Waals surface area contributed by atoms with Crippen LogP contribution < -0.4 is 0 Å². The standard InChI is InChI=1S/C11H10BrN/c1-2-9(7-8-13)10-3-5-11(12)6-4-10/h2-6,9H,1,7H2. The maximum atomic E-state index is 8.58. The van der Waals surface area contributed by atoms with E-state index in [1.54, 1.807) is 0 Å². The smallest absolute Gasteiger partial charge is 0.0631 e. The average molecular weight is 236 g/mol. The topological polar surface area (TPSA) is 23.8 Å². The molecule has 0 saturated carbocycles. The van der Waals surface area contributed by atoms with Gasteiger partial charge >= 0.3 is 0 Å². The molecule has 0 radical (unpaired) electrons. The number of benzene rings is 1. The predicted molar refractivity (Wildman–Crippen MR) is 57.3 cm³/mol. The molecule has 1 aromatic carbocycles. The minimum Gasteiger partial charge on any atom is -0.198 e. The molecule has 0 heterocycles. The van der Waals surface area contributed by atoms with Gasteiger partial charge in [-0.1, -0.05) is 34.1 Å². The van der Waals surface area contributed by atoms with E-state index in [2.05, 4.69) is 28.6 Å². The molecule has 0 saturated heterocycles. The van der Waals surface area contributed by atoms with Crippen LogP contribution in [0.25, 0.3) is 0 Å². The zero-order valence-corrected chi connectivity index (χ0v) is 8.79. The van der Waals surface area contributed by atoms with Crippen LogP contribution >= 0.6 is 15.9 Å². The zero-order chi connectivity index (χ0) is 9.68. The highest BCUT2D eigenvalue weighted by molar-refractivity contribution is 9.10. The largest absolute Gasteiger partial charge is 0.198 e. The number of hydrogen-bond donors (Lipinski definition) is 0. The van der Waals surface area contributed by atoms with Gasteiger partial charge in [-0.25, -0.2) is 0 Å². The fourth-order valence-corrected chi connectivity index (χ4v) is 1.41. The first-order valence-corrected chi connectivity index (χ1v) is 4.82. The second-order valence-electron chi connectivity index (χ2n) is 2.76. The fourth-order valence-electron chi connectivity index (χ4n) is 1.15. The Labute approximate surface area is 86.8 Å². The van der Waals surface area contributed by atoms with Gasteiger partial charge in [-0.05, 0) is 17.7 Å². The first-order chi connectivity index (χ1) is 6.27. The van der Waals surface area contributed by atoms with Crippen LogP contribution in [0.2, 0.25) is 0 Å². The molecule has 0 aliphatic heterocycles. The first-order valence-electron chi connectivity index (χ1n) is 4.03. The molecule has 66 valence electrons. The van der Waals surface area contributed by atoms with Crippen molar-refractivity contribution in [2.75, 3.05) is 0 Å². The van der Waals surface area contributed by atoms with E-state index in [4.69, 9.17) is 5.26 Å². The van der Waals surface area contributed by atoms with E-state index in [9.17, 15) is 0 Å². The van der Waals surface area contributed by atoms with Crippen molar-refractivity contribution in [3.8, 4) is 6.07 Å². The van der Waals surface area contributed by atoms with E-state index in [0.717, 1.165) is 10.0 Å². The summed E-state index contributed by atoms with van der Waals surface area (Å²) in [6, 6.07) is 10.1. The fraction of sp³-hybridized carbons (Fsp3) is 0.182. The highest BCUT2D eigenvalue weighted by atomic mass is 79.9. The van der Waals surface area contributed by atoms with E-state index in [1.807, 2.05) is 30.3 Å². The second-order valence-corrected chi connectivity index (χ2v) is 3.67.